The summed E-state index contributed by atoms with van der Waals surface area (Å²) in [6, 6.07) is 104. The van der Waals surface area contributed by atoms with Gasteiger partial charge >= 0.3 is 0 Å². The summed E-state index contributed by atoms with van der Waals surface area (Å²) in [6.45, 7) is 6.97. The Morgan fingerprint density at radius 1 is 0.250 bits per heavy atom. The van der Waals surface area contributed by atoms with Crippen LogP contribution in [0.2, 0.25) is 0 Å². The van der Waals surface area contributed by atoms with Gasteiger partial charge in [-0.25, -0.2) is 0 Å². The number of benzene rings is 12. The Morgan fingerprint density at radius 2 is 0.645 bits per heavy atom. The molecule has 1 aliphatic rings. The van der Waals surface area contributed by atoms with Gasteiger partial charge in [0.05, 0.1) is 0 Å². The Kier molecular flexibility index (Phi) is 11.8. The summed E-state index contributed by atoms with van der Waals surface area (Å²) in [5.41, 5.74) is 25.1. The highest BCUT2D eigenvalue weighted by molar-refractivity contribution is 5.97. The van der Waals surface area contributed by atoms with Crippen molar-refractivity contribution in [3.05, 3.63) is 302 Å². The molecule has 0 heterocycles. The first-order valence-electron chi connectivity index (χ1n) is 26.4. The minimum Gasteiger partial charge on any atom is -0.311 e. The number of rotatable bonds is 11. The fourth-order valence-corrected chi connectivity index (χ4v) is 11.7. The van der Waals surface area contributed by atoms with Crippen molar-refractivity contribution >= 4 is 44.9 Å². The van der Waals surface area contributed by atoms with Crippen molar-refractivity contribution in [1.82, 2.24) is 0 Å². The summed E-state index contributed by atoms with van der Waals surface area (Å²) in [5, 5.41) is 2.49. The number of fused-ring (bicyclic) bond motifs is 4. The predicted molar refractivity (Wildman–Crippen MR) is 323 cm³/mol. The molecule has 0 aromatic heterocycles. The number of anilines is 6. The van der Waals surface area contributed by atoms with Crippen LogP contribution in [0.15, 0.2) is 285 Å². The third kappa shape index (κ3) is 8.44. The number of hydrogen-bond donors (Lipinski definition) is 0. The van der Waals surface area contributed by atoms with Gasteiger partial charge in [-0.15, -0.1) is 0 Å². The molecule has 12 aromatic carbocycles. The second-order valence-corrected chi connectivity index (χ2v) is 20.6. The summed E-state index contributed by atoms with van der Waals surface area (Å²) in [7, 11) is 0. The van der Waals surface area contributed by atoms with Gasteiger partial charge in [-0.2, -0.15) is 0 Å². The van der Waals surface area contributed by atoms with Gasteiger partial charge < -0.3 is 9.80 Å². The van der Waals surface area contributed by atoms with E-state index >= 15 is 0 Å². The fraction of sp³-hybridized carbons (Fsp3) is 0.0541. The molecule has 0 saturated carbocycles. The molecule has 0 aliphatic heterocycles. The Balaban J connectivity index is 0.891. The fourth-order valence-electron chi connectivity index (χ4n) is 11.7. The van der Waals surface area contributed by atoms with Gasteiger partial charge in [0.2, 0.25) is 0 Å². The maximum Gasteiger partial charge on any atom is 0.0465 e. The standard InChI is InChI=1S/C74H56N2/c1-51-19-18-30-71-73(51)66-46-45-65(48-72(66)74(71,2)3)76(61-28-14-7-15-29-61)64-43-37-57(38-44-64)70-50-67(54-21-8-4-9-22-54)69(49-68(70)55-23-10-5-11-24-55)56-35-41-63(42-36-56)75(60-26-12-6-13-27-60)62-39-33-53(34-40-62)59-32-31-52-20-16-17-25-58(52)47-59/h4-50H,1-3H3. The molecule has 13 rings (SSSR count). The minimum absolute atomic E-state index is 0.118. The van der Waals surface area contributed by atoms with Crippen molar-refractivity contribution in [2.75, 3.05) is 9.80 Å². The van der Waals surface area contributed by atoms with E-state index in [0.29, 0.717) is 0 Å². The van der Waals surface area contributed by atoms with Crippen molar-refractivity contribution < 1.29 is 0 Å². The van der Waals surface area contributed by atoms with Crippen molar-refractivity contribution in [2.45, 2.75) is 26.2 Å². The van der Waals surface area contributed by atoms with E-state index in [1.54, 1.807) is 0 Å². The first-order valence-corrected chi connectivity index (χ1v) is 26.4. The number of aryl methyl sites for hydroxylation is 1. The van der Waals surface area contributed by atoms with E-state index in [0.717, 1.165) is 45.3 Å². The average molecular weight is 973 g/mol. The van der Waals surface area contributed by atoms with Crippen LogP contribution in [0.25, 0.3) is 77.5 Å². The molecule has 0 bridgehead atoms. The first-order chi connectivity index (χ1) is 37.4. The van der Waals surface area contributed by atoms with Crippen LogP contribution in [0.1, 0.15) is 30.5 Å². The average Bonchev–Trinajstić information content (AvgIpc) is 3.76. The van der Waals surface area contributed by atoms with E-state index in [-0.39, 0.29) is 5.41 Å². The van der Waals surface area contributed by atoms with E-state index in [4.69, 9.17) is 0 Å². The zero-order valence-electron chi connectivity index (χ0n) is 43.0. The highest BCUT2D eigenvalue weighted by atomic mass is 15.1. The van der Waals surface area contributed by atoms with Crippen LogP contribution in [0.3, 0.4) is 0 Å². The maximum absolute atomic E-state index is 2.42. The summed E-state index contributed by atoms with van der Waals surface area (Å²) < 4.78 is 0. The molecule has 0 fully saturated rings. The SMILES string of the molecule is Cc1cccc2c1-c1ccc(N(c3ccccc3)c3ccc(-c4cc(-c5ccccc5)c(-c5ccc(N(c6ccccc6)c6ccc(-c7ccc8ccccc8c7)cc6)cc5)cc4-c4ccccc4)cc3)cc1C2(C)C. The van der Waals surface area contributed by atoms with Gasteiger partial charge in [0.15, 0.2) is 0 Å². The van der Waals surface area contributed by atoms with Crippen molar-refractivity contribution in [2.24, 2.45) is 0 Å². The van der Waals surface area contributed by atoms with Crippen LogP contribution >= 0.6 is 0 Å². The summed E-state index contributed by atoms with van der Waals surface area (Å²) in [5.74, 6) is 0. The van der Waals surface area contributed by atoms with Gasteiger partial charge in [-0.1, -0.05) is 208 Å². The summed E-state index contributed by atoms with van der Waals surface area (Å²) >= 11 is 0. The molecule has 0 N–H and O–H groups in total. The van der Waals surface area contributed by atoms with Crippen LogP contribution in [-0.4, -0.2) is 0 Å². The monoisotopic (exact) mass is 972 g/mol. The Bertz CT molecular complexity index is 4030. The molecule has 362 valence electrons. The second-order valence-electron chi connectivity index (χ2n) is 20.6. The zero-order chi connectivity index (χ0) is 51.2. The molecule has 1 aliphatic carbocycles. The number of hydrogen-bond acceptors (Lipinski definition) is 2. The quantitative estimate of drug-likeness (QED) is 0.127. The normalized spacial score (nSPS) is 12.2. The van der Waals surface area contributed by atoms with E-state index in [1.807, 2.05) is 0 Å². The highest BCUT2D eigenvalue weighted by Gasteiger charge is 2.37. The minimum atomic E-state index is -0.118. The van der Waals surface area contributed by atoms with Crippen molar-refractivity contribution in [3.63, 3.8) is 0 Å². The van der Waals surface area contributed by atoms with Crippen LogP contribution in [0.4, 0.5) is 34.1 Å². The Morgan fingerprint density at radius 3 is 1.16 bits per heavy atom. The molecule has 76 heavy (non-hydrogen) atoms. The molecule has 0 unspecified atom stereocenters. The number of para-hydroxylation sites is 2. The summed E-state index contributed by atoms with van der Waals surface area (Å²) in [4.78, 5) is 4.74. The zero-order valence-corrected chi connectivity index (χ0v) is 43.0. The van der Waals surface area contributed by atoms with Gasteiger partial charge in [0.25, 0.3) is 0 Å². The Hall–Kier alpha value is -9.50. The molecule has 0 radical (unpaired) electrons. The van der Waals surface area contributed by atoms with Crippen molar-refractivity contribution in [1.29, 1.82) is 0 Å². The molecule has 2 heteroatoms. The lowest BCUT2D eigenvalue weighted by atomic mass is 9.82. The lowest BCUT2D eigenvalue weighted by Crippen LogP contribution is -2.16. The molecule has 0 saturated heterocycles. The van der Waals surface area contributed by atoms with Crippen molar-refractivity contribution in [3.8, 4) is 66.8 Å². The van der Waals surface area contributed by atoms with Gasteiger partial charge in [-0.05, 0) is 192 Å². The van der Waals surface area contributed by atoms with Crippen LogP contribution in [-0.2, 0) is 5.41 Å². The lowest BCUT2D eigenvalue weighted by molar-refractivity contribution is 0.660. The molecule has 2 nitrogen and oxygen atoms in total. The molecule has 12 aromatic rings. The maximum atomic E-state index is 2.42. The van der Waals surface area contributed by atoms with E-state index in [9.17, 15) is 0 Å². The van der Waals surface area contributed by atoms with Gasteiger partial charge in [-0.3, -0.25) is 0 Å². The second kappa shape index (κ2) is 19.4. The van der Waals surface area contributed by atoms with Crippen LogP contribution in [0.5, 0.6) is 0 Å². The molecular formula is C74H56N2. The van der Waals surface area contributed by atoms with E-state index < -0.39 is 0 Å². The van der Waals surface area contributed by atoms with E-state index in [2.05, 4.69) is 316 Å². The number of nitrogens with zero attached hydrogens (tertiary/aromatic N) is 2. The lowest BCUT2D eigenvalue weighted by Gasteiger charge is -2.28. The van der Waals surface area contributed by atoms with Gasteiger partial charge in [0.1, 0.15) is 0 Å². The molecule has 0 amide bonds. The van der Waals surface area contributed by atoms with Crippen LogP contribution in [0, 0.1) is 6.92 Å². The smallest absolute Gasteiger partial charge is 0.0465 e. The third-order valence-corrected chi connectivity index (χ3v) is 15.6. The van der Waals surface area contributed by atoms with Crippen LogP contribution < -0.4 is 9.80 Å². The predicted octanol–water partition coefficient (Wildman–Crippen LogP) is 20.7. The third-order valence-electron chi connectivity index (χ3n) is 15.6. The molecule has 0 spiro atoms. The first kappa shape index (κ1) is 46.3. The van der Waals surface area contributed by atoms with Gasteiger partial charge in [0, 0.05) is 39.5 Å². The molecular weight excluding hydrogens is 917 g/mol. The highest BCUT2D eigenvalue weighted by Crippen LogP contribution is 2.52. The largest absolute Gasteiger partial charge is 0.311 e. The molecule has 0 atom stereocenters. The topological polar surface area (TPSA) is 6.48 Å². The summed E-state index contributed by atoms with van der Waals surface area (Å²) in [6.07, 6.45) is 0. The van der Waals surface area contributed by atoms with E-state index in [1.165, 1.54) is 83.1 Å². The Labute approximate surface area is 447 Å².